The smallest absolute Gasteiger partial charge is 0.302 e. The lowest BCUT2D eigenvalue weighted by molar-refractivity contribution is 0.560. The molecule has 4 nitrogen and oxygen atoms in total. The number of hydrogen-bond acceptors (Lipinski definition) is 4. The molecule has 0 radical (unpaired) electrons. The average molecular weight is 211 g/mol. The molecular weight excluding hydrogens is 202 g/mol. The molecule has 2 aliphatic heterocycles. The van der Waals surface area contributed by atoms with Crippen LogP contribution in [0.3, 0.4) is 0 Å². The number of amidine groups is 1. The maximum atomic E-state index is 8.88. The molecule has 16 heavy (non-hydrogen) atoms. The second kappa shape index (κ2) is 3.11. The standard InChI is InChI=1S/C12H9N3O/c1-8-4-5-14-12-15(8)10-6-9(7-13)2-3-11(10)16-12/h2-4,6H,5H2,1H3. The number of ether oxygens (including phenoxy) is 1. The number of fused-ring (bicyclic) bond motifs is 3. The lowest BCUT2D eigenvalue weighted by Crippen LogP contribution is -2.30. The minimum atomic E-state index is 0.602. The van der Waals surface area contributed by atoms with Gasteiger partial charge in [0.25, 0.3) is 0 Å². The first-order valence-electron chi connectivity index (χ1n) is 5.03. The van der Waals surface area contributed by atoms with Crippen molar-refractivity contribution in [2.45, 2.75) is 6.92 Å². The van der Waals surface area contributed by atoms with Crippen molar-refractivity contribution in [1.82, 2.24) is 0 Å². The van der Waals surface area contributed by atoms with E-state index in [1.54, 1.807) is 6.07 Å². The van der Waals surface area contributed by atoms with Crippen LogP contribution in [0.2, 0.25) is 0 Å². The van der Waals surface area contributed by atoms with Crippen molar-refractivity contribution in [2.24, 2.45) is 4.99 Å². The molecule has 0 saturated heterocycles. The third-order valence-electron chi connectivity index (χ3n) is 2.69. The van der Waals surface area contributed by atoms with Crippen molar-refractivity contribution in [3.63, 3.8) is 0 Å². The van der Waals surface area contributed by atoms with E-state index in [1.165, 1.54) is 0 Å². The summed E-state index contributed by atoms with van der Waals surface area (Å²) in [4.78, 5) is 6.20. The summed E-state index contributed by atoms with van der Waals surface area (Å²) in [6.07, 6.45) is 2.03. The summed E-state index contributed by atoms with van der Waals surface area (Å²) in [5, 5.41) is 8.88. The summed E-state index contributed by atoms with van der Waals surface area (Å²) in [5.74, 6) is 0.757. The van der Waals surface area contributed by atoms with Gasteiger partial charge >= 0.3 is 6.02 Å². The Balaban J connectivity index is 2.16. The van der Waals surface area contributed by atoms with Crippen LogP contribution in [0.5, 0.6) is 5.75 Å². The lowest BCUT2D eigenvalue weighted by Gasteiger charge is -2.20. The van der Waals surface area contributed by atoms with Crippen LogP contribution in [-0.2, 0) is 0 Å². The normalized spacial score (nSPS) is 16.6. The molecule has 1 aromatic carbocycles. The van der Waals surface area contributed by atoms with E-state index in [0.717, 1.165) is 17.1 Å². The van der Waals surface area contributed by atoms with Gasteiger partial charge in [-0.25, -0.2) is 4.99 Å². The first-order valence-corrected chi connectivity index (χ1v) is 5.03. The van der Waals surface area contributed by atoms with Crippen LogP contribution in [0.25, 0.3) is 0 Å². The van der Waals surface area contributed by atoms with Crippen LogP contribution in [0, 0.1) is 11.3 Å². The Morgan fingerprint density at radius 3 is 3.19 bits per heavy atom. The molecule has 0 bridgehead atoms. The Morgan fingerprint density at radius 2 is 2.38 bits per heavy atom. The quantitative estimate of drug-likeness (QED) is 0.659. The number of rotatable bonds is 0. The number of hydrogen-bond donors (Lipinski definition) is 0. The topological polar surface area (TPSA) is 48.6 Å². The van der Waals surface area contributed by atoms with Gasteiger partial charge in [-0.15, -0.1) is 0 Å². The van der Waals surface area contributed by atoms with Gasteiger partial charge in [0, 0.05) is 5.70 Å². The fraction of sp³-hybridized carbons (Fsp3) is 0.167. The third-order valence-corrected chi connectivity index (χ3v) is 2.69. The summed E-state index contributed by atoms with van der Waals surface area (Å²) in [6.45, 7) is 2.66. The van der Waals surface area contributed by atoms with Crippen molar-refractivity contribution in [1.29, 1.82) is 5.26 Å². The zero-order valence-electron chi connectivity index (χ0n) is 8.77. The maximum Gasteiger partial charge on any atom is 0.302 e. The molecule has 0 aromatic heterocycles. The van der Waals surface area contributed by atoms with Gasteiger partial charge in [0.1, 0.15) is 0 Å². The van der Waals surface area contributed by atoms with Gasteiger partial charge in [0.05, 0.1) is 23.9 Å². The van der Waals surface area contributed by atoms with Crippen LogP contribution in [0.4, 0.5) is 5.69 Å². The van der Waals surface area contributed by atoms with Crippen LogP contribution in [-0.4, -0.2) is 12.6 Å². The molecule has 2 aliphatic rings. The molecule has 4 heteroatoms. The number of aliphatic imine (C=N–C) groups is 1. The number of nitriles is 1. The Labute approximate surface area is 93.1 Å². The van der Waals surface area contributed by atoms with Gasteiger partial charge in [-0.1, -0.05) is 0 Å². The van der Waals surface area contributed by atoms with E-state index in [0.29, 0.717) is 18.1 Å². The Bertz CT molecular complexity index is 566. The van der Waals surface area contributed by atoms with Crippen LogP contribution >= 0.6 is 0 Å². The molecule has 0 amide bonds. The average Bonchev–Trinajstić information content (AvgIpc) is 2.67. The zero-order valence-corrected chi connectivity index (χ0v) is 8.77. The largest absolute Gasteiger partial charge is 0.423 e. The summed E-state index contributed by atoms with van der Waals surface area (Å²) in [7, 11) is 0. The summed E-state index contributed by atoms with van der Waals surface area (Å²) < 4.78 is 5.61. The van der Waals surface area contributed by atoms with E-state index in [-0.39, 0.29) is 0 Å². The molecule has 0 unspecified atom stereocenters. The number of allylic oxidation sites excluding steroid dienone is 1. The van der Waals surface area contributed by atoms with E-state index in [9.17, 15) is 0 Å². The van der Waals surface area contributed by atoms with Gasteiger partial charge in [-0.2, -0.15) is 5.26 Å². The lowest BCUT2D eigenvalue weighted by atomic mass is 10.2. The molecular formula is C12H9N3O. The molecule has 0 fully saturated rings. The Morgan fingerprint density at radius 1 is 1.50 bits per heavy atom. The fourth-order valence-corrected chi connectivity index (χ4v) is 1.89. The minimum absolute atomic E-state index is 0.602. The van der Waals surface area contributed by atoms with E-state index < -0.39 is 0 Å². The highest BCUT2D eigenvalue weighted by Gasteiger charge is 2.30. The van der Waals surface area contributed by atoms with E-state index >= 15 is 0 Å². The highest BCUT2D eigenvalue weighted by molar-refractivity contribution is 6.03. The Kier molecular flexibility index (Phi) is 1.74. The molecule has 0 N–H and O–H groups in total. The molecule has 2 heterocycles. The van der Waals surface area contributed by atoms with Crippen molar-refractivity contribution in [3.8, 4) is 11.8 Å². The molecule has 0 atom stereocenters. The van der Waals surface area contributed by atoms with Crippen LogP contribution < -0.4 is 9.64 Å². The van der Waals surface area contributed by atoms with Crippen molar-refractivity contribution in [2.75, 3.05) is 11.4 Å². The van der Waals surface area contributed by atoms with E-state index in [2.05, 4.69) is 11.1 Å². The van der Waals surface area contributed by atoms with E-state index in [1.807, 2.05) is 30.0 Å². The summed E-state index contributed by atoms with van der Waals surface area (Å²) in [5.41, 5.74) is 2.60. The molecule has 0 saturated carbocycles. The van der Waals surface area contributed by atoms with Crippen molar-refractivity contribution in [3.05, 3.63) is 35.5 Å². The van der Waals surface area contributed by atoms with Crippen molar-refractivity contribution >= 4 is 11.7 Å². The Hall–Kier alpha value is -2.28. The zero-order chi connectivity index (χ0) is 11.1. The number of nitrogens with zero attached hydrogens (tertiary/aromatic N) is 3. The summed E-state index contributed by atoms with van der Waals surface area (Å²) in [6, 6.07) is 8.10. The van der Waals surface area contributed by atoms with Crippen LogP contribution in [0.15, 0.2) is 35.0 Å². The van der Waals surface area contributed by atoms with Gasteiger partial charge in [0.2, 0.25) is 0 Å². The van der Waals surface area contributed by atoms with Gasteiger partial charge in [0.15, 0.2) is 5.75 Å². The first-order chi connectivity index (χ1) is 7.79. The van der Waals surface area contributed by atoms with E-state index in [4.69, 9.17) is 10.00 Å². The SMILES string of the molecule is CC1=CCN=C2Oc3ccc(C#N)cc3N12. The van der Waals surface area contributed by atoms with Crippen LogP contribution in [0.1, 0.15) is 12.5 Å². The fourth-order valence-electron chi connectivity index (χ4n) is 1.89. The van der Waals surface area contributed by atoms with Gasteiger partial charge in [-0.05, 0) is 31.2 Å². The van der Waals surface area contributed by atoms with Gasteiger partial charge in [-0.3, -0.25) is 4.90 Å². The minimum Gasteiger partial charge on any atom is -0.423 e. The predicted octanol–water partition coefficient (Wildman–Crippen LogP) is 2.03. The van der Waals surface area contributed by atoms with Gasteiger partial charge < -0.3 is 4.74 Å². The van der Waals surface area contributed by atoms with Crippen molar-refractivity contribution < 1.29 is 4.74 Å². The molecule has 3 rings (SSSR count). The highest BCUT2D eigenvalue weighted by Crippen LogP contribution is 2.38. The second-order valence-electron chi connectivity index (χ2n) is 3.70. The molecule has 0 aliphatic carbocycles. The highest BCUT2D eigenvalue weighted by atomic mass is 16.5. The monoisotopic (exact) mass is 211 g/mol. The number of benzene rings is 1. The molecule has 78 valence electrons. The summed E-state index contributed by atoms with van der Waals surface area (Å²) >= 11 is 0. The molecule has 0 spiro atoms. The molecule has 1 aromatic rings. The first kappa shape index (κ1) is 8.98. The number of anilines is 1. The maximum absolute atomic E-state index is 8.88. The predicted molar refractivity (Wildman–Crippen MR) is 60.3 cm³/mol. The second-order valence-corrected chi connectivity index (χ2v) is 3.70. The third kappa shape index (κ3) is 1.12.